The molecule has 0 bridgehead atoms. The summed E-state index contributed by atoms with van der Waals surface area (Å²) in [5.41, 5.74) is -1.55. The number of carbonyl (C=O) groups excluding carboxylic acids is 3. The van der Waals surface area contributed by atoms with E-state index in [4.69, 9.17) is 9.47 Å². The molecule has 0 amide bonds. The molecule has 38 heavy (non-hydrogen) atoms. The van der Waals surface area contributed by atoms with Gasteiger partial charge in [0, 0.05) is 25.0 Å². The molecule has 3 rings (SSSR count). The summed E-state index contributed by atoms with van der Waals surface area (Å²) in [4.78, 5) is 37.1. The molecule has 12 nitrogen and oxygen atoms in total. The van der Waals surface area contributed by atoms with Crippen LogP contribution in [0.1, 0.15) is 24.0 Å². The first-order valence-electron chi connectivity index (χ1n) is 11.2. The number of aromatic hydroxyl groups is 4. The van der Waals surface area contributed by atoms with Crippen LogP contribution in [0, 0.1) is 0 Å². The molecule has 202 valence electrons. The average Bonchev–Trinajstić information content (AvgIpc) is 2.87. The van der Waals surface area contributed by atoms with Gasteiger partial charge >= 0.3 is 17.9 Å². The van der Waals surface area contributed by atoms with Gasteiger partial charge in [-0.05, 0) is 47.5 Å². The topological polar surface area (TPSA) is 200 Å². The van der Waals surface area contributed by atoms with Crippen LogP contribution in [-0.2, 0) is 28.6 Å². The summed E-state index contributed by atoms with van der Waals surface area (Å²) in [6, 6.07) is 7.61. The number of phenols is 4. The number of esters is 3. The lowest BCUT2D eigenvalue weighted by Gasteiger charge is -2.41. The fourth-order valence-corrected chi connectivity index (χ4v) is 3.84. The minimum absolute atomic E-state index is 0.334. The van der Waals surface area contributed by atoms with Crippen LogP contribution in [0.2, 0.25) is 0 Å². The Labute approximate surface area is 216 Å². The molecule has 1 aliphatic rings. The highest BCUT2D eigenvalue weighted by atomic mass is 16.6. The van der Waals surface area contributed by atoms with Crippen molar-refractivity contribution in [2.24, 2.45) is 0 Å². The van der Waals surface area contributed by atoms with E-state index in [2.05, 4.69) is 4.74 Å². The van der Waals surface area contributed by atoms with Crippen molar-refractivity contribution in [1.82, 2.24) is 0 Å². The summed E-state index contributed by atoms with van der Waals surface area (Å²) < 4.78 is 15.2. The Balaban J connectivity index is 1.77. The molecule has 1 saturated carbocycles. The van der Waals surface area contributed by atoms with E-state index < -0.39 is 66.2 Å². The van der Waals surface area contributed by atoms with E-state index in [1.54, 1.807) is 0 Å². The van der Waals surface area contributed by atoms with Gasteiger partial charge in [0.1, 0.15) is 6.10 Å². The Kier molecular flexibility index (Phi) is 8.61. The maximum absolute atomic E-state index is 12.5. The Bertz CT molecular complexity index is 1270. The molecule has 12 heteroatoms. The van der Waals surface area contributed by atoms with Crippen molar-refractivity contribution in [3.63, 3.8) is 0 Å². The molecule has 0 unspecified atom stereocenters. The van der Waals surface area contributed by atoms with E-state index in [9.17, 15) is 45.0 Å². The maximum Gasteiger partial charge on any atom is 0.338 e. The molecule has 0 aromatic heterocycles. The first kappa shape index (κ1) is 28.0. The van der Waals surface area contributed by atoms with Gasteiger partial charge < -0.3 is 44.8 Å². The summed E-state index contributed by atoms with van der Waals surface area (Å²) >= 11 is 0. The predicted octanol–water partition coefficient (Wildman–Crippen LogP) is 1.12. The molecule has 0 saturated heterocycles. The minimum Gasteiger partial charge on any atom is -0.504 e. The monoisotopic (exact) mass is 530 g/mol. The van der Waals surface area contributed by atoms with E-state index in [0.717, 1.165) is 19.3 Å². The summed E-state index contributed by atoms with van der Waals surface area (Å²) in [5.74, 6) is -4.57. The third-order valence-corrected chi connectivity index (χ3v) is 5.74. The van der Waals surface area contributed by atoms with Crippen molar-refractivity contribution < 1.29 is 59.2 Å². The summed E-state index contributed by atoms with van der Waals surface area (Å²) in [5, 5.41) is 59.2. The van der Waals surface area contributed by atoms with Crippen molar-refractivity contribution in [1.29, 1.82) is 0 Å². The Hall–Kier alpha value is -4.55. The number of aliphatic hydroxyl groups excluding tert-OH is 1. The van der Waals surface area contributed by atoms with Gasteiger partial charge in [-0.2, -0.15) is 0 Å². The van der Waals surface area contributed by atoms with E-state index in [1.165, 1.54) is 48.6 Å². The van der Waals surface area contributed by atoms with Crippen LogP contribution in [-0.4, -0.2) is 79.6 Å². The van der Waals surface area contributed by atoms with Crippen LogP contribution in [0.4, 0.5) is 0 Å². The zero-order chi connectivity index (χ0) is 28.0. The minimum atomic E-state index is -2.23. The third kappa shape index (κ3) is 6.81. The quantitative estimate of drug-likeness (QED) is 0.129. The molecule has 6 N–H and O–H groups in total. The molecule has 0 spiro atoms. The number of benzene rings is 2. The second-order valence-electron chi connectivity index (χ2n) is 8.54. The Morgan fingerprint density at radius 2 is 1.32 bits per heavy atom. The standard InChI is InChI=1S/C26H26O12/c1-36-25(34)26(35)12-20(31)24(38-23(33)9-5-15-3-7-17(28)19(30)11-15)21(13-26)37-22(32)8-4-14-2-6-16(27)18(29)10-14/h2-11,20-21,24,27-31,35H,12-13H2,1H3/b8-4+,9-5+/t20-,21-,24+,26-/m1/s1. The number of rotatable bonds is 7. The lowest BCUT2D eigenvalue weighted by Crippen LogP contribution is -2.58. The van der Waals surface area contributed by atoms with Gasteiger partial charge in [0.05, 0.1) is 13.2 Å². The second-order valence-corrected chi connectivity index (χ2v) is 8.54. The van der Waals surface area contributed by atoms with Gasteiger partial charge in [-0.25, -0.2) is 14.4 Å². The van der Waals surface area contributed by atoms with Crippen LogP contribution < -0.4 is 0 Å². The number of methoxy groups -OCH3 is 1. The van der Waals surface area contributed by atoms with Crippen LogP contribution in [0.25, 0.3) is 12.2 Å². The van der Waals surface area contributed by atoms with Crippen molar-refractivity contribution in [2.75, 3.05) is 7.11 Å². The maximum atomic E-state index is 12.5. The lowest BCUT2D eigenvalue weighted by molar-refractivity contribution is -0.206. The molecule has 0 aliphatic heterocycles. The Morgan fingerprint density at radius 1 is 0.816 bits per heavy atom. The zero-order valence-electron chi connectivity index (χ0n) is 20.1. The van der Waals surface area contributed by atoms with Crippen molar-refractivity contribution in [2.45, 2.75) is 36.8 Å². The molecular weight excluding hydrogens is 504 g/mol. The molecule has 0 radical (unpaired) electrons. The van der Waals surface area contributed by atoms with Crippen LogP contribution in [0.5, 0.6) is 23.0 Å². The SMILES string of the molecule is COC(=O)[C@@]1(O)C[C@@H](O)[C@H](OC(=O)/C=C/c2ccc(O)c(O)c2)[C@H](OC(=O)/C=C/c2ccc(O)c(O)c2)C1. The number of ether oxygens (including phenoxy) is 3. The largest absolute Gasteiger partial charge is 0.504 e. The van der Waals surface area contributed by atoms with E-state index in [0.29, 0.717) is 11.1 Å². The number of hydrogen-bond acceptors (Lipinski definition) is 12. The van der Waals surface area contributed by atoms with Gasteiger partial charge in [-0.1, -0.05) is 12.1 Å². The highest BCUT2D eigenvalue weighted by Crippen LogP contribution is 2.34. The van der Waals surface area contributed by atoms with Gasteiger partial charge in [0.15, 0.2) is 34.7 Å². The lowest BCUT2D eigenvalue weighted by atomic mass is 9.79. The van der Waals surface area contributed by atoms with Gasteiger partial charge in [0.2, 0.25) is 0 Å². The second kappa shape index (κ2) is 11.7. The third-order valence-electron chi connectivity index (χ3n) is 5.74. The highest BCUT2D eigenvalue weighted by molar-refractivity contribution is 5.88. The van der Waals surface area contributed by atoms with Crippen molar-refractivity contribution in [3.8, 4) is 23.0 Å². The van der Waals surface area contributed by atoms with Crippen molar-refractivity contribution in [3.05, 3.63) is 59.7 Å². The molecule has 2 aromatic rings. The van der Waals surface area contributed by atoms with Gasteiger partial charge in [-0.3, -0.25) is 0 Å². The molecule has 1 aliphatic carbocycles. The molecule has 2 aromatic carbocycles. The highest BCUT2D eigenvalue weighted by Gasteiger charge is 2.52. The normalized spacial score (nSPS) is 23.3. The van der Waals surface area contributed by atoms with E-state index in [-0.39, 0.29) is 11.5 Å². The van der Waals surface area contributed by atoms with Gasteiger partial charge in [0.25, 0.3) is 0 Å². The molecule has 1 fully saturated rings. The first-order valence-corrected chi connectivity index (χ1v) is 11.2. The number of aliphatic hydroxyl groups is 2. The number of hydrogen-bond donors (Lipinski definition) is 6. The zero-order valence-corrected chi connectivity index (χ0v) is 20.1. The smallest absolute Gasteiger partial charge is 0.338 e. The fourth-order valence-electron chi connectivity index (χ4n) is 3.84. The number of phenolic OH excluding ortho intramolecular Hbond substituents is 4. The Morgan fingerprint density at radius 3 is 1.79 bits per heavy atom. The predicted molar refractivity (Wildman–Crippen MR) is 130 cm³/mol. The molecule has 0 heterocycles. The fraction of sp³-hybridized carbons (Fsp3) is 0.269. The molecular formula is C26H26O12. The summed E-state index contributed by atoms with van der Waals surface area (Å²) in [6.45, 7) is 0. The summed E-state index contributed by atoms with van der Waals surface area (Å²) in [7, 11) is 1.03. The summed E-state index contributed by atoms with van der Waals surface area (Å²) in [6.07, 6.45) is -1.24. The number of carbonyl (C=O) groups is 3. The van der Waals surface area contributed by atoms with E-state index in [1.807, 2.05) is 0 Å². The van der Waals surface area contributed by atoms with Gasteiger partial charge in [-0.15, -0.1) is 0 Å². The molecule has 4 atom stereocenters. The van der Waals surface area contributed by atoms with Crippen LogP contribution >= 0.6 is 0 Å². The van der Waals surface area contributed by atoms with Crippen molar-refractivity contribution >= 4 is 30.1 Å². The van der Waals surface area contributed by atoms with Crippen LogP contribution in [0.15, 0.2) is 48.6 Å². The first-order chi connectivity index (χ1) is 17.9. The van der Waals surface area contributed by atoms with E-state index >= 15 is 0 Å². The average molecular weight is 530 g/mol. The van der Waals surface area contributed by atoms with Crippen LogP contribution in [0.3, 0.4) is 0 Å².